The minimum absolute atomic E-state index is 0.118. The van der Waals surface area contributed by atoms with Crippen molar-refractivity contribution < 1.29 is 18.4 Å². The zero-order valence-electron chi connectivity index (χ0n) is 6.85. The lowest BCUT2D eigenvalue weighted by Gasteiger charge is -2.29. The number of hydrogen-bond donors (Lipinski definition) is 0. The molecule has 0 aliphatic carbocycles. The second-order valence-electron chi connectivity index (χ2n) is 2.87. The van der Waals surface area contributed by atoms with Crippen LogP contribution in [0.1, 0.15) is 19.8 Å². The summed E-state index contributed by atoms with van der Waals surface area (Å²) in [5.74, 6) is -3.04. The third-order valence-electron chi connectivity index (χ3n) is 1.71. The maximum atomic E-state index is 12.5. The molecule has 1 aliphatic rings. The van der Waals surface area contributed by atoms with E-state index in [0.717, 1.165) is 0 Å². The predicted octanol–water partition coefficient (Wildman–Crippen LogP) is 1.20. The van der Waals surface area contributed by atoms with Crippen LogP contribution >= 0.6 is 0 Å². The molecule has 0 aromatic heterocycles. The summed E-state index contributed by atoms with van der Waals surface area (Å²) in [5.41, 5.74) is 0. The Morgan fingerprint density at radius 1 is 1.42 bits per heavy atom. The van der Waals surface area contributed by atoms with Crippen molar-refractivity contribution in [2.45, 2.75) is 25.7 Å². The standard InChI is InChI=1S/C7H11F2NO2/c1-6(11)12-10-4-2-7(8,9)3-5-10/h2-5H2,1H3. The molecular weight excluding hydrogens is 168 g/mol. The summed E-state index contributed by atoms with van der Waals surface area (Å²) in [6.45, 7) is 1.49. The molecule has 0 atom stereocenters. The van der Waals surface area contributed by atoms with Crippen molar-refractivity contribution in [1.29, 1.82) is 0 Å². The number of alkyl halides is 2. The molecular formula is C7H11F2NO2. The molecule has 0 radical (unpaired) electrons. The Hall–Kier alpha value is -0.710. The topological polar surface area (TPSA) is 29.5 Å². The first-order valence-electron chi connectivity index (χ1n) is 3.81. The summed E-state index contributed by atoms with van der Waals surface area (Å²) < 4.78 is 25.1. The van der Waals surface area contributed by atoms with Crippen LogP contribution in [0.2, 0.25) is 0 Å². The Labute approximate surface area is 69.2 Å². The first-order chi connectivity index (χ1) is 5.49. The molecule has 3 nitrogen and oxygen atoms in total. The van der Waals surface area contributed by atoms with Crippen LogP contribution in [0.5, 0.6) is 0 Å². The quantitative estimate of drug-likeness (QED) is 0.605. The van der Waals surface area contributed by atoms with Crippen LogP contribution in [0.25, 0.3) is 0 Å². The molecule has 0 unspecified atom stereocenters. The lowest BCUT2D eigenvalue weighted by Crippen LogP contribution is -2.40. The number of piperidine rings is 1. The fourth-order valence-electron chi connectivity index (χ4n) is 1.09. The van der Waals surface area contributed by atoms with Crippen LogP contribution < -0.4 is 0 Å². The summed E-state index contributed by atoms with van der Waals surface area (Å²) in [5, 5.41) is 1.28. The Kier molecular flexibility index (Phi) is 2.62. The van der Waals surface area contributed by atoms with Crippen molar-refractivity contribution in [2.24, 2.45) is 0 Å². The Balaban J connectivity index is 2.31. The highest BCUT2D eigenvalue weighted by Gasteiger charge is 2.34. The van der Waals surface area contributed by atoms with Gasteiger partial charge < -0.3 is 4.84 Å². The van der Waals surface area contributed by atoms with Crippen LogP contribution in [0, 0.1) is 0 Å². The van der Waals surface area contributed by atoms with Crippen molar-refractivity contribution in [3.63, 3.8) is 0 Å². The molecule has 12 heavy (non-hydrogen) atoms. The van der Waals surface area contributed by atoms with E-state index >= 15 is 0 Å². The smallest absolute Gasteiger partial charge is 0.322 e. The summed E-state index contributed by atoms with van der Waals surface area (Å²) in [6.07, 6.45) is -0.472. The van der Waals surface area contributed by atoms with Crippen molar-refractivity contribution >= 4 is 5.97 Å². The van der Waals surface area contributed by atoms with E-state index in [0.29, 0.717) is 0 Å². The molecule has 70 valence electrons. The van der Waals surface area contributed by atoms with E-state index in [1.165, 1.54) is 12.0 Å². The van der Waals surface area contributed by atoms with Gasteiger partial charge in [0.05, 0.1) is 0 Å². The van der Waals surface area contributed by atoms with Gasteiger partial charge in [-0.2, -0.15) is 0 Å². The Morgan fingerprint density at radius 3 is 2.33 bits per heavy atom. The van der Waals surface area contributed by atoms with Gasteiger partial charge in [0.2, 0.25) is 0 Å². The Morgan fingerprint density at radius 2 is 1.92 bits per heavy atom. The number of halogens is 2. The first-order valence-corrected chi connectivity index (χ1v) is 3.81. The van der Waals surface area contributed by atoms with Gasteiger partial charge in [0.1, 0.15) is 0 Å². The van der Waals surface area contributed by atoms with E-state index in [2.05, 4.69) is 4.84 Å². The minimum Gasteiger partial charge on any atom is -0.368 e. The molecule has 0 N–H and O–H groups in total. The highest BCUT2D eigenvalue weighted by atomic mass is 19.3. The third kappa shape index (κ3) is 2.73. The van der Waals surface area contributed by atoms with E-state index in [1.807, 2.05) is 0 Å². The Bertz CT molecular complexity index is 174. The van der Waals surface area contributed by atoms with Gasteiger partial charge in [0.25, 0.3) is 5.92 Å². The molecule has 0 aromatic carbocycles. The number of carbonyl (C=O) groups is 1. The number of carbonyl (C=O) groups excluding carboxylic acids is 1. The molecule has 1 rings (SSSR count). The molecule has 1 heterocycles. The average molecular weight is 179 g/mol. The number of hydrogen-bond acceptors (Lipinski definition) is 3. The largest absolute Gasteiger partial charge is 0.368 e. The maximum Gasteiger partial charge on any atom is 0.322 e. The van der Waals surface area contributed by atoms with Gasteiger partial charge in [-0.05, 0) is 0 Å². The van der Waals surface area contributed by atoms with Gasteiger partial charge in [0, 0.05) is 32.9 Å². The van der Waals surface area contributed by atoms with E-state index in [1.54, 1.807) is 0 Å². The zero-order valence-corrected chi connectivity index (χ0v) is 6.85. The predicted molar refractivity (Wildman–Crippen MR) is 37.5 cm³/mol. The van der Waals surface area contributed by atoms with Crippen LogP contribution in [-0.2, 0) is 9.63 Å². The van der Waals surface area contributed by atoms with Gasteiger partial charge in [0.15, 0.2) is 0 Å². The lowest BCUT2D eigenvalue weighted by atomic mass is 10.1. The van der Waals surface area contributed by atoms with Crippen molar-refractivity contribution in [1.82, 2.24) is 5.06 Å². The number of nitrogens with zero attached hydrogens (tertiary/aromatic N) is 1. The van der Waals surface area contributed by atoms with Gasteiger partial charge >= 0.3 is 5.97 Å². The number of rotatable bonds is 1. The van der Waals surface area contributed by atoms with E-state index in [4.69, 9.17) is 0 Å². The second-order valence-corrected chi connectivity index (χ2v) is 2.87. The normalized spacial score (nSPS) is 23.6. The third-order valence-corrected chi connectivity index (χ3v) is 1.71. The van der Waals surface area contributed by atoms with Crippen molar-refractivity contribution in [3.05, 3.63) is 0 Å². The van der Waals surface area contributed by atoms with Gasteiger partial charge in [-0.25, -0.2) is 8.78 Å². The van der Waals surface area contributed by atoms with E-state index in [9.17, 15) is 13.6 Å². The highest BCUT2D eigenvalue weighted by Crippen LogP contribution is 2.27. The van der Waals surface area contributed by atoms with Crippen LogP contribution in [0.4, 0.5) is 8.78 Å². The van der Waals surface area contributed by atoms with Gasteiger partial charge in [-0.3, -0.25) is 4.79 Å². The molecule has 1 saturated heterocycles. The maximum absolute atomic E-state index is 12.5. The second kappa shape index (κ2) is 3.35. The highest BCUT2D eigenvalue weighted by molar-refractivity contribution is 5.65. The van der Waals surface area contributed by atoms with Crippen LogP contribution in [-0.4, -0.2) is 30.0 Å². The fraction of sp³-hybridized carbons (Fsp3) is 0.857. The number of hydroxylamine groups is 2. The van der Waals surface area contributed by atoms with Gasteiger partial charge in [-0.1, -0.05) is 0 Å². The summed E-state index contributed by atoms with van der Waals surface area (Å²) in [6, 6.07) is 0. The lowest BCUT2D eigenvalue weighted by molar-refractivity contribution is -0.207. The zero-order chi connectivity index (χ0) is 9.19. The average Bonchev–Trinajstić information content (AvgIpc) is 1.93. The summed E-state index contributed by atoms with van der Waals surface area (Å²) >= 11 is 0. The molecule has 0 amide bonds. The first kappa shape index (κ1) is 9.38. The molecule has 0 aromatic rings. The fourth-order valence-corrected chi connectivity index (χ4v) is 1.09. The summed E-state index contributed by atoms with van der Waals surface area (Å²) in [7, 11) is 0. The van der Waals surface area contributed by atoms with E-state index in [-0.39, 0.29) is 25.9 Å². The monoisotopic (exact) mass is 179 g/mol. The van der Waals surface area contributed by atoms with Crippen LogP contribution in [0.3, 0.4) is 0 Å². The van der Waals surface area contributed by atoms with Crippen molar-refractivity contribution in [3.8, 4) is 0 Å². The molecule has 0 bridgehead atoms. The molecule has 5 heteroatoms. The van der Waals surface area contributed by atoms with E-state index < -0.39 is 11.9 Å². The molecule has 1 fully saturated rings. The molecule has 1 aliphatic heterocycles. The molecule has 0 saturated carbocycles. The van der Waals surface area contributed by atoms with Crippen LogP contribution in [0.15, 0.2) is 0 Å². The van der Waals surface area contributed by atoms with Crippen molar-refractivity contribution in [2.75, 3.05) is 13.1 Å². The molecule has 0 spiro atoms. The minimum atomic E-state index is -2.59. The summed E-state index contributed by atoms with van der Waals surface area (Å²) in [4.78, 5) is 15.1. The van der Waals surface area contributed by atoms with Gasteiger partial charge in [-0.15, -0.1) is 5.06 Å². The SMILES string of the molecule is CC(=O)ON1CCC(F)(F)CC1.